The molecule has 0 radical (unpaired) electrons. The summed E-state index contributed by atoms with van der Waals surface area (Å²) in [7, 11) is -1.62. The number of hydrogen-bond donors (Lipinski definition) is 3. The van der Waals surface area contributed by atoms with Gasteiger partial charge < -0.3 is 11.5 Å². The number of nitrogens with zero attached hydrogens (tertiary/aromatic N) is 1. The molecule has 100 valence electrons. The first-order chi connectivity index (χ1) is 8.95. The smallest absolute Gasteiger partial charge is 0.318 e. The number of imide groups is 1. The normalized spacial score (nSPS) is 12.2. The Hall–Kier alpha value is -2.00. The number of primary amides is 1. The quantitative estimate of drug-likeness (QED) is 0.696. The van der Waals surface area contributed by atoms with Crippen LogP contribution in [0.1, 0.15) is 0 Å². The Bertz CT molecular complexity index is 682. The molecule has 0 aliphatic carbocycles. The van der Waals surface area contributed by atoms with Gasteiger partial charge in [0, 0.05) is 5.69 Å². The Morgan fingerprint density at radius 2 is 2.16 bits per heavy atom. The van der Waals surface area contributed by atoms with E-state index in [4.69, 9.17) is 11.5 Å². The summed E-state index contributed by atoms with van der Waals surface area (Å²) in [6.45, 7) is 0. The maximum absolute atomic E-state index is 11.9. The maximum atomic E-state index is 11.9. The van der Waals surface area contributed by atoms with E-state index in [1.165, 1.54) is 11.3 Å². The first kappa shape index (κ1) is 13.4. The number of nitrogens with one attached hydrogen (secondary N) is 1. The number of thiazole rings is 1. The van der Waals surface area contributed by atoms with E-state index in [2.05, 4.69) is 4.98 Å². The zero-order valence-electron chi connectivity index (χ0n) is 9.58. The number of amides is 3. The molecule has 1 aromatic carbocycles. The van der Waals surface area contributed by atoms with Crippen molar-refractivity contribution in [1.82, 2.24) is 10.3 Å². The molecule has 0 spiro atoms. The molecular weight excluding hydrogens is 288 g/mol. The molecule has 0 bridgehead atoms. The maximum Gasteiger partial charge on any atom is 0.318 e. The zero-order valence-corrected chi connectivity index (χ0v) is 11.2. The van der Waals surface area contributed by atoms with E-state index in [0.717, 1.165) is 4.70 Å². The Morgan fingerprint density at radius 3 is 2.84 bits per heavy atom. The Kier molecular flexibility index (Phi) is 3.76. The number of benzene rings is 1. The number of aromatic nitrogens is 1. The van der Waals surface area contributed by atoms with Crippen LogP contribution < -0.4 is 16.8 Å². The third kappa shape index (κ3) is 3.26. The molecule has 5 N–H and O–H groups in total. The van der Waals surface area contributed by atoms with Gasteiger partial charge in [-0.05, 0) is 18.2 Å². The fourth-order valence-electron chi connectivity index (χ4n) is 1.37. The minimum atomic E-state index is -1.62. The molecule has 1 aromatic heterocycles. The van der Waals surface area contributed by atoms with Gasteiger partial charge in [-0.3, -0.25) is 14.3 Å². The summed E-state index contributed by atoms with van der Waals surface area (Å²) in [6, 6.07) is 4.15. The van der Waals surface area contributed by atoms with Crippen molar-refractivity contribution in [3.63, 3.8) is 0 Å². The van der Waals surface area contributed by atoms with Gasteiger partial charge in [-0.25, -0.2) is 9.78 Å². The van der Waals surface area contributed by atoms with Crippen LogP contribution in [0.4, 0.5) is 10.5 Å². The van der Waals surface area contributed by atoms with Gasteiger partial charge in [0.15, 0.2) is 4.34 Å². The van der Waals surface area contributed by atoms with Crippen LogP contribution in [-0.4, -0.2) is 26.9 Å². The number of carbonyl (C=O) groups excluding carboxylic acids is 2. The van der Waals surface area contributed by atoms with E-state index in [1.54, 1.807) is 18.2 Å². The SMILES string of the molecule is NC(=O)NC(=O)CS(=O)c1nc2ccc(N)cc2s1. The predicted molar refractivity (Wildman–Crippen MR) is 73.0 cm³/mol. The average Bonchev–Trinajstić information content (AvgIpc) is 2.70. The van der Waals surface area contributed by atoms with E-state index in [1.807, 2.05) is 5.32 Å². The molecule has 19 heavy (non-hydrogen) atoms. The van der Waals surface area contributed by atoms with Crippen molar-refractivity contribution in [2.75, 3.05) is 11.5 Å². The van der Waals surface area contributed by atoms with Crippen molar-refractivity contribution in [2.24, 2.45) is 5.73 Å². The lowest BCUT2D eigenvalue weighted by Crippen LogP contribution is -2.37. The van der Waals surface area contributed by atoms with Gasteiger partial charge in [0.05, 0.1) is 21.0 Å². The van der Waals surface area contributed by atoms with Gasteiger partial charge in [-0.1, -0.05) is 0 Å². The van der Waals surface area contributed by atoms with Crippen LogP contribution in [0.25, 0.3) is 10.2 Å². The number of fused-ring (bicyclic) bond motifs is 1. The molecule has 2 aromatic rings. The highest BCUT2D eigenvalue weighted by molar-refractivity contribution is 7.88. The Morgan fingerprint density at radius 1 is 1.42 bits per heavy atom. The van der Waals surface area contributed by atoms with Crippen LogP contribution in [0.15, 0.2) is 22.5 Å². The van der Waals surface area contributed by atoms with Gasteiger partial charge >= 0.3 is 6.03 Å². The zero-order chi connectivity index (χ0) is 14.0. The summed E-state index contributed by atoms with van der Waals surface area (Å²) in [5, 5.41) is 1.85. The minimum absolute atomic E-state index is 0.306. The number of anilines is 1. The van der Waals surface area contributed by atoms with Crippen LogP contribution in [0.5, 0.6) is 0 Å². The third-order valence-electron chi connectivity index (χ3n) is 2.11. The van der Waals surface area contributed by atoms with Crippen molar-refractivity contribution in [3.05, 3.63) is 18.2 Å². The summed E-state index contributed by atoms with van der Waals surface area (Å²) in [6.07, 6.45) is 0. The average molecular weight is 298 g/mol. The summed E-state index contributed by atoms with van der Waals surface area (Å²) in [4.78, 5) is 25.9. The molecule has 1 heterocycles. The summed E-state index contributed by atoms with van der Waals surface area (Å²) >= 11 is 1.19. The predicted octanol–water partition coefficient (Wildman–Crippen LogP) is 0.181. The Balaban J connectivity index is 2.17. The minimum Gasteiger partial charge on any atom is -0.399 e. The first-order valence-electron chi connectivity index (χ1n) is 5.09. The van der Waals surface area contributed by atoms with Crippen LogP contribution in [-0.2, 0) is 15.6 Å². The molecular formula is C10H10N4O3S2. The number of nitrogens with two attached hydrogens (primary N) is 2. The topological polar surface area (TPSA) is 128 Å². The van der Waals surface area contributed by atoms with Crippen molar-refractivity contribution < 1.29 is 13.8 Å². The van der Waals surface area contributed by atoms with Crippen molar-refractivity contribution in [2.45, 2.75) is 4.34 Å². The van der Waals surface area contributed by atoms with Gasteiger partial charge in [0.1, 0.15) is 5.75 Å². The number of hydrogen-bond acceptors (Lipinski definition) is 6. The molecule has 1 unspecified atom stereocenters. The molecule has 0 saturated carbocycles. The summed E-state index contributed by atoms with van der Waals surface area (Å²) < 4.78 is 13.0. The first-order valence-corrected chi connectivity index (χ1v) is 7.23. The van der Waals surface area contributed by atoms with E-state index >= 15 is 0 Å². The van der Waals surface area contributed by atoms with Gasteiger partial charge in [0.2, 0.25) is 5.91 Å². The molecule has 0 saturated heterocycles. The van der Waals surface area contributed by atoms with Crippen molar-refractivity contribution in [3.8, 4) is 0 Å². The molecule has 0 aliphatic heterocycles. The van der Waals surface area contributed by atoms with Crippen LogP contribution in [0.3, 0.4) is 0 Å². The second-order valence-electron chi connectivity index (χ2n) is 3.61. The fourth-order valence-corrected chi connectivity index (χ4v) is 3.57. The fraction of sp³-hybridized carbons (Fsp3) is 0.100. The number of urea groups is 1. The van der Waals surface area contributed by atoms with Crippen LogP contribution >= 0.6 is 11.3 Å². The third-order valence-corrected chi connectivity index (χ3v) is 4.74. The highest BCUT2D eigenvalue weighted by atomic mass is 32.2. The lowest BCUT2D eigenvalue weighted by molar-refractivity contribution is -0.117. The largest absolute Gasteiger partial charge is 0.399 e. The lowest BCUT2D eigenvalue weighted by atomic mass is 10.3. The monoisotopic (exact) mass is 298 g/mol. The van der Waals surface area contributed by atoms with E-state index in [0.29, 0.717) is 15.5 Å². The molecule has 2 rings (SSSR count). The molecule has 1 atom stereocenters. The van der Waals surface area contributed by atoms with Crippen molar-refractivity contribution in [1.29, 1.82) is 0 Å². The molecule has 3 amide bonds. The highest BCUT2D eigenvalue weighted by Gasteiger charge is 2.15. The number of rotatable bonds is 3. The summed E-state index contributed by atoms with van der Waals surface area (Å²) in [5.74, 6) is -1.07. The molecule has 0 fully saturated rings. The van der Waals surface area contributed by atoms with Gasteiger partial charge in [-0.2, -0.15) is 0 Å². The number of carbonyl (C=O) groups is 2. The second kappa shape index (κ2) is 5.33. The van der Waals surface area contributed by atoms with Crippen LogP contribution in [0.2, 0.25) is 0 Å². The van der Waals surface area contributed by atoms with Gasteiger partial charge in [-0.15, -0.1) is 11.3 Å². The lowest BCUT2D eigenvalue weighted by Gasteiger charge is -1.98. The standard InChI is InChI=1S/C10H10N4O3S2/c11-5-1-2-6-7(3-5)18-10(13-6)19(17)4-8(15)14-9(12)16/h1-3H,4,11H2,(H3,12,14,15,16). The molecule has 0 aliphatic rings. The van der Waals surface area contributed by atoms with E-state index in [-0.39, 0.29) is 5.75 Å². The highest BCUT2D eigenvalue weighted by Crippen LogP contribution is 2.26. The van der Waals surface area contributed by atoms with E-state index < -0.39 is 22.7 Å². The number of nitrogen functional groups attached to an aromatic ring is 1. The van der Waals surface area contributed by atoms with E-state index in [9.17, 15) is 13.8 Å². The Labute approximate surface area is 114 Å². The van der Waals surface area contributed by atoms with Gasteiger partial charge in [0.25, 0.3) is 0 Å². The van der Waals surface area contributed by atoms with Crippen LogP contribution in [0, 0.1) is 0 Å². The molecule has 7 nitrogen and oxygen atoms in total. The second-order valence-corrected chi connectivity index (χ2v) is 6.26. The molecule has 9 heteroatoms. The summed E-state index contributed by atoms with van der Waals surface area (Å²) in [5.41, 5.74) is 11.7. The van der Waals surface area contributed by atoms with Crippen molar-refractivity contribution >= 4 is 50.0 Å².